The number of aromatic nitrogens is 2. The Morgan fingerprint density at radius 3 is 1.52 bits per heavy atom. The predicted octanol–water partition coefficient (Wildman–Crippen LogP) is 10.1. The zero-order valence-corrected chi connectivity index (χ0v) is 22.6. The van der Waals surface area contributed by atoms with Crippen LogP contribution in [-0.4, -0.2) is 9.97 Å². The second-order valence-electron chi connectivity index (χ2n) is 10.4. The van der Waals surface area contributed by atoms with Crippen molar-refractivity contribution in [3.63, 3.8) is 0 Å². The molecule has 7 aromatic rings. The zero-order chi connectivity index (χ0) is 27.1. The van der Waals surface area contributed by atoms with Crippen molar-refractivity contribution in [3.8, 4) is 44.5 Å². The Morgan fingerprint density at radius 2 is 0.950 bits per heavy atom. The number of aryl methyl sites for hydroxylation is 2. The fraction of sp³-hybridized carbons (Fsp3) is 0.0526. The summed E-state index contributed by atoms with van der Waals surface area (Å²) in [6.45, 7) is 4.30. The molecule has 0 aliphatic carbocycles. The molecule has 0 saturated carbocycles. The van der Waals surface area contributed by atoms with Crippen LogP contribution >= 0.6 is 0 Å². The summed E-state index contributed by atoms with van der Waals surface area (Å²) in [6, 6.07) is 39.6. The van der Waals surface area contributed by atoms with Crippen molar-refractivity contribution >= 4 is 21.5 Å². The van der Waals surface area contributed by atoms with Crippen LogP contribution in [0, 0.1) is 13.8 Å². The summed E-state index contributed by atoms with van der Waals surface area (Å²) in [6.07, 6.45) is 7.54. The van der Waals surface area contributed by atoms with Gasteiger partial charge in [0.2, 0.25) is 0 Å². The van der Waals surface area contributed by atoms with E-state index in [2.05, 4.69) is 127 Å². The topological polar surface area (TPSA) is 25.8 Å². The van der Waals surface area contributed by atoms with Crippen molar-refractivity contribution in [1.29, 1.82) is 0 Å². The first kappa shape index (κ1) is 24.0. The van der Waals surface area contributed by atoms with Crippen molar-refractivity contribution in [2.24, 2.45) is 0 Å². The molecule has 0 saturated heterocycles. The van der Waals surface area contributed by atoms with E-state index < -0.39 is 0 Å². The first-order valence-corrected chi connectivity index (χ1v) is 13.7. The van der Waals surface area contributed by atoms with Gasteiger partial charge in [0.05, 0.1) is 0 Å². The summed E-state index contributed by atoms with van der Waals surface area (Å²) in [7, 11) is 0. The lowest BCUT2D eigenvalue weighted by atomic mass is 9.85. The van der Waals surface area contributed by atoms with E-state index in [9.17, 15) is 0 Å². The minimum atomic E-state index is 1.14. The van der Waals surface area contributed by atoms with Gasteiger partial charge < -0.3 is 0 Å². The SMILES string of the molecule is Cc1cnccc1-c1ccc(-c2c3ccccc3c(-c3ccc(-c4cccnc4)c(C)c3)c3ccccc23)cc1. The second kappa shape index (κ2) is 9.91. The Labute approximate surface area is 234 Å². The van der Waals surface area contributed by atoms with E-state index >= 15 is 0 Å². The van der Waals surface area contributed by atoms with Crippen molar-refractivity contribution in [3.05, 3.63) is 145 Å². The van der Waals surface area contributed by atoms with Gasteiger partial charge in [0.1, 0.15) is 0 Å². The third kappa shape index (κ3) is 4.06. The quantitative estimate of drug-likeness (QED) is 0.219. The minimum Gasteiger partial charge on any atom is -0.264 e. The average Bonchev–Trinajstić information content (AvgIpc) is 3.00. The molecule has 2 aromatic heterocycles. The van der Waals surface area contributed by atoms with Crippen LogP contribution in [0.3, 0.4) is 0 Å². The molecule has 2 heteroatoms. The molecule has 0 spiro atoms. The number of fused-ring (bicyclic) bond motifs is 2. The number of rotatable bonds is 4. The first-order chi connectivity index (χ1) is 19.7. The number of hydrogen-bond acceptors (Lipinski definition) is 2. The highest BCUT2D eigenvalue weighted by Crippen LogP contribution is 2.44. The fourth-order valence-corrected chi connectivity index (χ4v) is 6.03. The van der Waals surface area contributed by atoms with Crippen LogP contribution < -0.4 is 0 Å². The average molecular weight is 513 g/mol. The largest absolute Gasteiger partial charge is 0.264 e. The molecule has 2 nitrogen and oxygen atoms in total. The molecule has 0 bridgehead atoms. The minimum absolute atomic E-state index is 1.14. The Kier molecular flexibility index (Phi) is 5.94. The van der Waals surface area contributed by atoms with Gasteiger partial charge in [-0.25, -0.2) is 0 Å². The van der Waals surface area contributed by atoms with Gasteiger partial charge in [0.15, 0.2) is 0 Å². The van der Waals surface area contributed by atoms with Crippen molar-refractivity contribution in [2.45, 2.75) is 13.8 Å². The van der Waals surface area contributed by atoms with Gasteiger partial charge in [0, 0.05) is 30.4 Å². The molecule has 2 heterocycles. The number of nitrogens with zero attached hydrogens (tertiary/aromatic N) is 2. The van der Waals surface area contributed by atoms with Crippen LogP contribution in [-0.2, 0) is 0 Å². The lowest BCUT2D eigenvalue weighted by Gasteiger charge is -2.19. The van der Waals surface area contributed by atoms with E-state index in [1.165, 1.54) is 71.6 Å². The monoisotopic (exact) mass is 512 g/mol. The van der Waals surface area contributed by atoms with E-state index in [4.69, 9.17) is 0 Å². The molecular weight excluding hydrogens is 484 g/mol. The Balaban J connectivity index is 1.44. The van der Waals surface area contributed by atoms with Crippen LogP contribution in [0.15, 0.2) is 134 Å². The second-order valence-corrected chi connectivity index (χ2v) is 10.4. The highest BCUT2D eigenvalue weighted by Gasteiger charge is 2.17. The molecular formula is C38H28N2. The van der Waals surface area contributed by atoms with Crippen molar-refractivity contribution in [1.82, 2.24) is 9.97 Å². The van der Waals surface area contributed by atoms with E-state index in [-0.39, 0.29) is 0 Å². The third-order valence-electron chi connectivity index (χ3n) is 7.92. The fourth-order valence-electron chi connectivity index (χ4n) is 6.03. The van der Waals surface area contributed by atoms with E-state index in [0.717, 1.165) is 5.56 Å². The third-order valence-corrected chi connectivity index (χ3v) is 7.92. The van der Waals surface area contributed by atoms with Crippen molar-refractivity contribution < 1.29 is 0 Å². The van der Waals surface area contributed by atoms with Crippen LogP contribution in [0.2, 0.25) is 0 Å². The maximum Gasteiger partial charge on any atom is 0.0346 e. The van der Waals surface area contributed by atoms with Gasteiger partial charge in [-0.1, -0.05) is 97.1 Å². The van der Waals surface area contributed by atoms with Gasteiger partial charge >= 0.3 is 0 Å². The van der Waals surface area contributed by atoms with E-state index in [1.54, 1.807) is 0 Å². The Bertz CT molecular complexity index is 1950. The summed E-state index contributed by atoms with van der Waals surface area (Å²) in [5, 5.41) is 5.05. The van der Waals surface area contributed by atoms with Gasteiger partial charge in [-0.3, -0.25) is 9.97 Å². The van der Waals surface area contributed by atoms with E-state index in [1.807, 2.05) is 30.9 Å². The smallest absolute Gasteiger partial charge is 0.0346 e. The molecule has 0 N–H and O–H groups in total. The first-order valence-electron chi connectivity index (χ1n) is 13.7. The molecule has 0 fully saturated rings. The van der Waals surface area contributed by atoms with Crippen molar-refractivity contribution in [2.75, 3.05) is 0 Å². The molecule has 0 amide bonds. The molecule has 0 unspecified atom stereocenters. The Hall–Kier alpha value is -5.08. The molecule has 0 aliphatic rings. The number of pyridine rings is 2. The number of benzene rings is 5. The molecule has 0 atom stereocenters. The van der Waals surface area contributed by atoms with Gasteiger partial charge in [-0.05, 0) is 97.6 Å². The molecule has 0 radical (unpaired) electrons. The molecule has 40 heavy (non-hydrogen) atoms. The molecule has 7 rings (SSSR count). The lowest BCUT2D eigenvalue weighted by molar-refractivity contribution is 1.27. The van der Waals surface area contributed by atoms with Gasteiger partial charge in [-0.15, -0.1) is 0 Å². The highest BCUT2D eigenvalue weighted by atomic mass is 14.6. The normalized spacial score (nSPS) is 11.2. The number of hydrogen-bond donors (Lipinski definition) is 0. The molecule has 190 valence electrons. The summed E-state index contributed by atoms with van der Waals surface area (Å²) in [5.74, 6) is 0. The maximum absolute atomic E-state index is 4.33. The summed E-state index contributed by atoms with van der Waals surface area (Å²) < 4.78 is 0. The standard InChI is InChI=1S/C38H28N2/c1-25-22-29(17-18-31(25)30-8-7-20-39-24-30)38-35-11-5-3-9-33(35)37(34-10-4-6-12-36(34)38)28-15-13-27(14-16-28)32-19-21-40-23-26(32)2/h3-24H,1-2H3. The molecule has 0 aliphatic heterocycles. The van der Waals surface area contributed by atoms with Gasteiger partial charge in [0.25, 0.3) is 0 Å². The summed E-state index contributed by atoms with van der Waals surface area (Å²) >= 11 is 0. The van der Waals surface area contributed by atoms with E-state index in [0.29, 0.717) is 0 Å². The summed E-state index contributed by atoms with van der Waals surface area (Å²) in [4.78, 5) is 8.59. The van der Waals surface area contributed by atoms with Crippen LogP contribution in [0.1, 0.15) is 11.1 Å². The lowest BCUT2D eigenvalue weighted by Crippen LogP contribution is -1.92. The summed E-state index contributed by atoms with van der Waals surface area (Å²) in [5.41, 5.74) is 12.2. The predicted molar refractivity (Wildman–Crippen MR) is 168 cm³/mol. The van der Waals surface area contributed by atoms with Crippen LogP contribution in [0.5, 0.6) is 0 Å². The highest BCUT2D eigenvalue weighted by molar-refractivity contribution is 6.21. The van der Waals surface area contributed by atoms with Crippen LogP contribution in [0.4, 0.5) is 0 Å². The van der Waals surface area contributed by atoms with Gasteiger partial charge in [-0.2, -0.15) is 0 Å². The maximum atomic E-state index is 4.33. The Morgan fingerprint density at radius 1 is 0.400 bits per heavy atom. The molecule has 5 aromatic carbocycles. The van der Waals surface area contributed by atoms with Crippen LogP contribution in [0.25, 0.3) is 66.1 Å². The zero-order valence-electron chi connectivity index (χ0n) is 22.6.